The Morgan fingerprint density at radius 1 is 0.600 bits per heavy atom. The third-order valence-electron chi connectivity index (χ3n) is 15.8. The summed E-state index contributed by atoms with van der Waals surface area (Å²) in [6.07, 6.45) is 8.99. The number of rotatable bonds is 11. The summed E-state index contributed by atoms with van der Waals surface area (Å²) in [4.78, 5) is 63.8. The lowest BCUT2D eigenvalue weighted by Gasteiger charge is -2.38. The maximum Gasteiger partial charge on any atom is 0.407 e. The molecule has 14 heteroatoms. The van der Waals surface area contributed by atoms with Crippen LogP contribution in [-0.2, 0) is 23.8 Å². The number of methoxy groups -OCH3 is 1. The molecule has 2 aliphatic carbocycles. The van der Waals surface area contributed by atoms with Crippen LogP contribution in [0.5, 0.6) is 0 Å². The first-order chi connectivity index (χ1) is 34.4. The molecular formula is C56H58N8O6. The van der Waals surface area contributed by atoms with Crippen molar-refractivity contribution in [2.45, 2.75) is 107 Å². The van der Waals surface area contributed by atoms with E-state index in [-0.39, 0.29) is 42.8 Å². The number of aromatic amines is 2. The van der Waals surface area contributed by atoms with Crippen molar-refractivity contribution in [2.75, 3.05) is 13.9 Å². The fourth-order valence-corrected chi connectivity index (χ4v) is 12.4. The highest BCUT2D eigenvalue weighted by atomic mass is 16.9. The van der Waals surface area contributed by atoms with Crippen molar-refractivity contribution in [3.63, 3.8) is 0 Å². The minimum absolute atomic E-state index is 0.0199. The molecule has 3 saturated heterocycles. The number of aromatic nitrogens is 4. The smallest absolute Gasteiger partial charge is 0.407 e. The molecule has 4 N–H and O–H groups in total. The van der Waals surface area contributed by atoms with Crippen LogP contribution in [0.4, 0.5) is 4.79 Å². The Hall–Kier alpha value is -6.87. The van der Waals surface area contributed by atoms with Crippen LogP contribution in [0.2, 0.25) is 0 Å². The molecule has 5 aliphatic rings. The van der Waals surface area contributed by atoms with Crippen LogP contribution < -0.4 is 10.6 Å². The molecule has 358 valence electrons. The Bertz CT molecular complexity index is 3030. The molecule has 3 aliphatic heterocycles. The number of benzene rings is 5. The molecule has 8 atom stereocenters. The van der Waals surface area contributed by atoms with Crippen molar-refractivity contribution < 1.29 is 28.6 Å². The summed E-state index contributed by atoms with van der Waals surface area (Å²) in [5.74, 6) is 2.24. The number of imidazole rings is 2. The average Bonchev–Trinajstić information content (AvgIpc) is 4.20. The van der Waals surface area contributed by atoms with Gasteiger partial charge in [-0.05, 0) is 108 Å². The molecule has 14 nitrogen and oxygen atoms in total. The number of hydrogen-bond donors (Lipinski definition) is 4. The first-order valence-corrected chi connectivity index (χ1v) is 25.0. The van der Waals surface area contributed by atoms with Gasteiger partial charge in [-0.1, -0.05) is 123 Å². The van der Waals surface area contributed by atoms with E-state index in [2.05, 4.69) is 80.1 Å². The van der Waals surface area contributed by atoms with E-state index in [1.165, 1.54) is 13.5 Å². The van der Waals surface area contributed by atoms with E-state index >= 15 is 0 Å². The molecule has 0 spiro atoms. The number of likely N-dealkylation sites (tertiary alicyclic amines) is 2. The van der Waals surface area contributed by atoms with Gasteiger partial charge in [0.15, 0.2) is 6.79 Å². The summed E-state index contributed by atoms with van der Waals surface area (Å²) in [5.41, 5.74) is 9.41. The van der Waals surface area contributed by atoms with Crippen molar-refractivity contribution in [3.8, 4) is 22.3 Å². The number of nitrogens with zero attached hydrogens (tertiary/aromatic N) is 4. The van der Waals surface area contributed by atoms with E-state index in [0.717, 1.165) is 119 Å². The van der Waals surface area contributed by atoms with E-state index in [4.69, 9.17) is 24.2 Å². The molecule has 7 aromatic rings. The maximum atomic E-state index is 14.8. The normalized spacial score (nSPS) is 24.2. The third-order valence-corrected chi connectivity index (χ3v) is 15.8. The SMILES string of the molecule is COC(=O)N[C@@H](C(=O)N1[C@@H]2CCCC[C@@H]2C[C@H]1c1nc2ccc(-c3ccc(-c4ccc5nc([C@@H]6C[C@H]7CCCC[C@H]7N6C(=O)[C@H](NC6OCO6)c6ccccc6)[nH]c5c4)cc3)cc2[nH]1)c1ccccc1. The lowest BCUT2D eigenvalue weighted by molar-refractivity contribution is -0.335. The van der Waals surface area contributed by atoms with Crippen LogP contribution >= 0.6 is 0 Å². The summed E-state index contributed by atoms with van der Waals surface area (Å²) in [5, 5.41) is 6.16. The largest absolute Gasteiger partial charge is 0.453 e. The summed E-state index contributed by atoms with van der Waals surface area (Å²) < 4.78 is 16.1. The van der Waals surface area contributed by atoms with Crippen LogP contribution in [0.1, 0.15) is 111 Å². The molecule has 0 bridgehead atoms. The molecule has 0 radical (unpaired) electrons. The van der Waals surface area contributed by atoms with Crippen LogP contribution in [0.3, 0.4) is 0 Å². The van der Waals surface area contributed by atoms with Crippen LogP contribution in [0.15, 0.2) is 121 Å². The van der Waals surface area contributed by atoms with Crippen molar-refractivity contribution >= 4 is 40.0 Å². The standard InChI is InChI=1S/C56H58N8O6/c1-68-55(67)61-49(35-12-4-2-5-13-35)53(65)63-45-18-10-8-16-39(45)30-47(63)51-57-41-26-24-37(28-43(41)59-51)33-20-22-34(23-21-33)38-25-27-42-44(29-38)60-52(58-42)48-31-40-17-9-11-19-46(40)64(48)54(66)50(62-56-69-32-70-56)36-14-6-3-7-15-36/h2-7,12-15,20-29,39-40,45-50,56,62H,8-11,16-19,30-32H2,1H3,(H,57,59)(H,58,60)(H,61,67)/t39-,40-,45-,46-,47+,48+,49-,50-/m1/s1. The van der Waals surface area contributed by atoms with Gasteiger partial charge in [-0.3, -0.25) is 14.9 Å². The first kappa shape index (κ1) is 44.3. The second-order valence-corrected chi connectivity index (χ2v) is 19.8. The van der Waals surface area contributed by atoms with Gasteiger partial charge in [-0.15, -0.1) is 0 Å². The molecule has 3 amide bonds. The van der Waals surface area contributed by atoms with Gasteiger partial charge >= 0.3 is 6.09 Å². The topological polar surface area (TPSA) is 167 Å². The van der Waals surface area contributed by atoms with Gasteiger partial charge in [0.2, 0.25) is 12.3 Å². The number of ether oxygens (including phenoxy) is 3. The summed E-state index contributed by atoms with van der Waals surface area (Å²) >= 11 is 0. The molecule has 5 aromatic carbocycles. The Labute approximate surface area is 406 Å². The zero-order valence-electron chi connectivity index (χ0n) is 39.3. The number of fused-ring (bicyclic) bond motifs is 4. The number of carbonyl (C=O) groups is 3. The minimum Gasteiger partial charge on any atom is -0.453 e. The summed E-state index contributed by atoms with van der Waals surface area (Å²) in [6, 6.07) is 38.8. The van der Waals surface area contributed by atoms with E-state index in [9.17, 15) is 14.4 Å². The second-order valence-electron chi connectivity index (χ2n) is 19.8. The maximum absolute atomic E-state index is 14.8. The Balaban J connectivity index is 0.791. The van der Waals surface area contributed by atoms with E-state index < -0.39 is 24.6 Å². The highest BCUT2D eigenvalue weighted by Gasteiger charge is 2.50. The molecular weight excluding hydrogens is 881 g/mol. The first-order valence-electron chi connectivity index (χ1n) is 25.0. The van der Waals surface area contributed by atoms with Gasteiger partial charge < -0.3 is 39.3 Å². The van der Waals surface area contributed by atoms with Gasteiger partial charge in [0.1, 0.15) is 23.7 Å². The van der Waals surface area contributed by atoms with E-state index in [1.54, 1.807) is 0 Å². The number of nitrogens with one attached hydrogen (secondary N) is 4. The van der Waals surface area contributed by atoms with Gasteiger partial charge in [0, 0.05) is 12.1 Å². The molecule has 5 heterocycles. The van der Waals surface area contributed by atoms with Gasteiger partial charge in [-0.25, -0.2) is 14.8 Å². The average molecular weight is 939 g/mol. The number of hydrogen-bond acceptors (Lipinski definition) is 9. The number of alkyl carbamates (subject to hydrolysis) is 1. The highest BCUT2D eigenvalue weighted by Crippen LogP contribution is 2.49. The van der Waals surface area contributed by atoms with Crippen molar-refractivity contribution in [3.05, 3.63) is 144 Å². The molecule has 0 unspecified atom stereocenters. The van der Waals surface area contributed by atoms with E-state index in [1.807, 2.05) is 71.6 Å². The molecule has 2 saturated carbocycles. The fourth-order valence-electron chi connectivity index (χ4n) is 12.4. The summed E-state index contributed by atoms with van der Waals surface area (Å²) in [7, 11) is 1.32. The minimum atomic E-state index is -0.885. The summed E-state index contributed by atoms with van der Waals surface area (Å²) in [6.45, 7) is 0.212. The molecule has 12 rings (SSSR count). The van der Waals surface area contributed by atoms with Crippen molar-refractivity contribution in [1.29, 1.82) is 0 Å². The fraction of sp³-hybridized carbons (Fsp3) is 0.375. The Kier molecular flexibility index (Phi) is 11.9. The highest BCUT2D eigenvalue weighted by molar-refractivity contribution is 5.89. The van der Waals surface area contributed by atoms with Crippen LogP contribution in [0.25, 0.3) is 44.3 Å². The van der Waals surface area contributed by atoms with Gasteiger partial charge in [0.25, 0.3) is 5.91 Å². The molecule has 2 aromatic heterocycles. The molecule has 70 heavy (non-hydrogen) atoms. The predicted molar refractivity (Wildman–Crippen MR) is 264 cm³/mol. The third kappa shape index (κ3) is 8.31. The number of amides is 3. The lowest BCUT2D eigenvalue weighted by atomic mass is 9.84. The predicted octanol–water partition coefficient (Wildman–Crippen LogP) is 10.2. The van der Waals surface area contributed by atoms with Gasteiger partial charge in [-0.2, -0.15) is 0 Å². The number of carbonyl (C=O) groups excluding carboxylic acids is 3. The van der Waals surface area contributed by atoms with Crippen LogP contribution in [-0.4, -0.2) is 80.0 Å². The Morgan fingerprint density at radius 2 is 1.06 bits per heavy atom. The number of H-pyrrole nitrogens is 2. The zero-order valence-corrected chi connectivity index (χ0v) is 39.3. The van der Waals surface area contributed by atoms with E-state index in [0.29, 0.717) is 17.4 Å². The quantitative estimate of drug-likeness (QED) is 0.0987. The lowest BCUT2D eigenvalue weighted by Crippen LogP contribution is -2.52. The van der Waals surface area contributed by atoms with Crippen molar-refractivity contribution in [1.82, 2.24) is 40.4 Å². The monoisotopic (exact) mass is 938 g/mol. The van der Waals surface area contributed by atoms with Crippen LogP contribution in [0, 0.1) is 11.8 Å². The van der Waals surface area contributed by atoms with Gasteiger partial charge in [0.05, 0.1) is 41.3 Å². The Morgan fingerprint density at radius 3 is 1.53 bits per heavy atom. The van der Waals surface area contributed by atoms with Crippen molar-refractivity contribution in [2.24, 2.45) is 11.8 Å². The molecule has 5 fully saturated rings. The second kappa shape index (κ2) is 18.8. The zero-order chi connectivity index (χ0) is 47.3.